The molecule has 0 aliphatic rings. The molecule has 0 saturated carbocycles. The maximum absolute atomic E-state index is 12.6. The molecule has 1 atom stereocenters. The SMILES string of the molecule is O/N=C\[C@@H](c1cccs1)c1ncc(C(F)(F)F)cc1Cl. The average Bonchev–Trinajstić information content (AvgIpc) is 2.89. The van der Waals surface area contributed by atoms with E-state index in [1.54, 1.807) is 17.5 Å². The molecule has 0 aromatic carbocycles. The van der Waals surface area contributed by atoms with Gasteiger partial charge in [0.15, 0.2) is 0 Å². The second-order valence-electron chi connectivity index (χ2n) is 3.85. The lowest BCUT2D eigenvalue weighted by Gasteiger charge is -2.13. The van der Waals surface area contributed by atoms with Crippen molar-refractivity contribution in [1.82, 2.24) is 4.98 Å². The van der Waals surface area contributed by atoms with Crippen molar-refractivity contribution in [2.75, 3.05) is 0 Å². The number of alkyl halides is 3. The molecule has 106 valence electrons. The summed E-state index contributed by atoms with van der Waals surface area (Å²) in [7, 11) is 0. The first kappa shape index (κ1) is 14.8. The van der Waals surface area contributed by atoms with Crippen molar-refractivity contribution in [2.24, 2.45) is 5.16 Å². The maximum atomic E-state index is 12.6. The first-order valence-corrected chi connectivity index (χ1v) is 6.63. The molecule has 3 nitrogen and oxygen atoms in total. The number of oxime groups is 1. The van der Waals surface area contributed by atoms with Crippen LogP contribution in [-0.4, -0.2) is 16.4 Å². The molecular formula is C12H8ClF3N2OS. The maximum Gasteiger partial charge on any atom is 0.417 e. The van der Waals surface area contributed by atoms with Gasteiger partial charge in [0, 0.05) is 11.1 Å². The summed E-state index contributed by atoms with van der Waals surface area (Å²) in [6.45, 7) is 0. The van der Waals surface area contributed by atoms with Gasteiger partial charge in [0.2, 0.25) is 0 Å². The van der Waals surface area contributed by atoms with Crippen molar-refractivity contribution in [2.45, 2.75) is 12.1 Å². The van der Waals surface area contributed by atoms with Gasteiger partial charge in [0.1, 0.15) is 0 Å². The van der Waals surface area contributed by atoms with Gasteiger partial charge < -0.3 is 5.21 Å². The van der Waals surface area contributed by atoms with Crippen molar-refractivity contribution in [1.29, 1.82) is 0 Å². The van der Waals surface area contributed by atoms with Crippen LogP contribution in [0.2, 0.25) is 5.02 Å². The fraction of sp³-hybridized carbons (Fsp3) is 0.167. The Morgan fingerprint density at radius 1 is 1.45 bits per heavy atom. The third-order valence-corrected chi connectivity index (χ3v) is 3.82. The quantitative estimate of drug-likeness (QED) is 0.517. The van der Waals surface area contributed by atoms with Crippen LogP contribution in [0.4, 0.5) is 13.2 Å². The highest BCUT2D eigenvalue weighted by Gasteiger charge is 2.32. The van der Waals surface area contributed by atoms with Gasteiger partial charge in [0.25, 0.3) is 0 Å². The van der Waals surface area contributed by atoms with E-state index in [2.05, 4.69) is 10.1 Å². The number of hydrogen-bond acceptors (Lipinski definition) is 4. The van der Waals surface area contributed by atoms with Crippen LogP contribution in [0.25, 0.3) is 0 Å². The third kappa shape index (κ3) is 3.10. The first-order valence-electron chi connectivity index (χ1n) is 5.37. The van der Waals surface area contributed by atoms with Crippen LogP contribution in [0.1, 0.15) is 22.1 Å². The lowest BCUT2D eigenvalue weighted by molar-refractivity contribution is -0.137. The lowest BCUT2D eigenvalue weighted by atomic mass is 10.0. The summed E-state index contributed by atoms with van der Waals surface area (Å²) < 4.78 is 37.7. The Labute approximate surface area is 121 Å². The number of thiophene rings is 1. The van der Waals surface area contributed by atoms with Crippen LogP contribution < -0.4 is 0 Å². The number of hydrogen-bond donors (Lipinski definition) is 1. The molecule has 20 heavy (non-hydrogen) atoms. The topological polar surface area (TPSA) is 45.5 Å². The van der Waals surface area contributed by atoms with E-state index in [-0.39, 0.29) is 10.7 Å². The molecule has 0 aliphatic heterocycles. The third-order valence-electron chi connectivity index (χ3n) is 2.56. The molecule has 2 aromatic rings. The summed E-state index contributed by atoms with van der Waals surface area (Å²) in [4.78, 5) is 4.53. The van der Waals surface area contributed by atoms with Crippen LogP contribution in [0.5, 0.6) is 0 Å². The van der Waals surface area contributed by atoms with E-state index < -0.39 is 17.7 Å². The molecule has 1 N–H and O–H groups in total. The minimum absolute atomic E-state index is 0.127. The Kier molecular flexibility index (Phi) is 4.29. The van der Waals surface area contributed by atoms with Crippen molar-refractivity contribution >= 4 is 29.2 Å². The minimum atomic E-state index is -4.50. The molecule has 0 amide bonds. The molecule has 0 unspecified atom stereocenters. The fourth-order valence-corrected chi connectivity index (χ4v) is 2.72. The largest absolute Gasteiger partial charge is 0.417 e. The zero-order chi connectivity index (χ0) is 14.8. The molecule has 2 rings (SSSR count). The number of aromatic nitrogens is 1. The van der Waals surface area contributed by atoms with Crippen LogP contribution >= 0.6 is 22.9 Å². The minimum Gasteiger partial charge on any atom is -0.411 e. The van der Waals surface area contributed by atoms with E-state index in [1.165, 1.54) is 17.6 Å². The van der Waals surface area contributed by atoms with Gasteiger partial charge in [-0.25, -0.2) is 0 Å². The average molecular weight is 321 g/mol. The predicted molar refractivity (Wildman–Crippen MR) is 70.7 cm³/mol. The van der Waals surface area contributed by atoms with Crippen LogP contribution in [0.3, 0.4) is 0 Å². The van der Waals surface area contributed by atoms with E-state index in [1.807, 2.05) is 0 Å². The molecule has 8 heteroatoms. The summed E-state index contributed by atoms with van der Waals surface area (Å²) in [6.07, 6.45) is -2.61. The summed E-state index contributed by atoms with van der Waals surface area (Å²) >= 11 is 7.24. The summed E-state index contributed by atoms with van der Waals surface area (Å²) in [5.74, 6) is -0.588. The highest BCUT2D eigenvalue weighted by Crippen LogP contribution is 2.35. The van der Waals surface area contributed by atoms with Gasteiger partial charge in [-0.05, 0) is 17.5 Å². The normalized spacial score (nSPS) is 13.8. The standard InChI is InChI=1S/C12H8ClF3N2OS/c13-9-4-7(12(14,15)16)5-17-11(9)8(6-18-19)10-2-1-3-20-10/h1-6,8,19H/b18-6-/t8-/m0/s1. The van der Waals surface area contributed by atoms with Gasteiger partial charge in [-0.1, -0.05) is 17.7 Å². The number of rotatable bonds is 3. The van der Waals surface area contributed by atoms with Crippen molar-refractivity contribution in [3.05, 3.63) is 50.9 Å². The molecular weight excluding hydrogens is 313 g/mol. The Hall–Kier alpha value is -1.60. The van der Waals surface area contributed by atoms with Crippen LogP contribution in [0, 0.1) is 0 Å². The molecule has 2 aromatic heterocycles. The molecule has 0 radical (unpaired) electrons. The summed E-state index contributed by atoms with van der Waals surface area (Å²) in [5, 5.41) is 13.3. The Bertz CT molecular complexity index is 614. The van der Waals surface area contributed by atoms with Crippen molar-refractivity contribution in [3.63, 3.8) is 0 Å². The molecule has 2 heterocycles. The van der Waals surface area contributed by atoms with Gasteiger partial charge in [-0.2, -0.15) is 13.2 Å². The lowest BCUT2D eigenvalue weighted by Crippen LogP contribution is -2.09. The van der Waals surface area contributed by atoms with Crippen LogP contribution in [0.15, 0.2) is 34.9 Å². The second-order valence-corrected chi connectivity index (χ2v) is 5.23. The van der Waals surface area contributed by atoms with Crippen molar-refractivity contribution in [3.8, 4) is 0 Å². The van der Waals surface area contributed by atoms with Gasteiger partial charge >= 0.3 is 6.18 Å². The monoisotopic (exact) mass is 320 g/mol. The highest BCUT2D eigenvalue weighted by atomic mass is 35.5. The Balaban J connectivity index is 2.45. The number of halogens is 4. The number of nitrogens with zero attached hydrogens (tertiary/aromatic N) is 2. The predicted octanol–water partition coefficient (Wildman–Crippen LogP) is 4.41. The van der Waals surface area contributed by atoms with E-state index in [4.69, 9.17) is 16.8 Å². The van der Waals surface area contributed by atoms with E-state index >= 15 is 0 Å². The molecule has 0 spiro atoms. The summed E-state index contributed by atoms with van der Waals surface area (Å²) in [6, 6.07) is 4.35. The van der Waals surface area contributed by atoms with E-state index in [0.717, 1.165) is 10.9 Å². The molecule has 0 fully saturated rings. The van der Waals surface area contributed by atoms with Gasteiger partial charge in [-0.15, -0.1) is 16.5 Å². The van der Waals surface area contributed by atoms with Crippen molar-refractivity contribution < 1.29 is 18.4 Å². The zero-order valence-electron chi connectivity index (χ0n) is 9.80. The Morgan fingerprint density at radius 3 is 2.70 bits per heavy atom. The van der Waals surface area contributed by atoms with Crippen LogP contribution in [-0.2, 0) is 6.18 Å². The Morgan fingerprint density at radius 2 is 2.20 bits per heavy atom. The summed E-state index contributed by atoms with van der Waals surface area (Å²) in [5.41, 5.74) is -0.711. The highest BCUT2D eigenvalue weighted by molar-refractivity contribution is 7.10. The van der Waals surface area contributed by atoms with E-state index in [9.17, 15) is 13.2 Å². The first-order chi connectivity index (χ1) is 9.43. The van der Waals surface area contributed by atoms with Gasteiger partial charge in [0.05, 0.1) is 28.4 Å². The second kappa shape index (κ2) is 5.80. The molecule has 0 saturated heterocycles. The fourth-order valence-electron chi connectivity index (χ4n) is 1.65. The van der Waals surface area contributed by atoms with E-state index in [0.29, 0.717) is 6.20 Å². The molecule has 0 bridgehead atoms. The zero-order valence-corrected chi connectivity index (χ0v) is 11.4. The van der Waals surface area contributed by atoms with Gasteiger partial charge in [-0.3, -0.25) is 4.98 Å². The molecule has 0 aliphatic carbocycles. The smallest absolute Gasteiger partial charge is 0.411 e. The number of pyridine rings is 1.